The number of carbonyl (C=O) groups excluding carboxylic acids is 2. The summed E-state index contributed by atoms with van der Waals surface area (Å²) in [5.74, 6) is -0.256. The maximum atomic E-state index is 12.1. The monoisotopic (exact) mass is 328 g/mol. The first kappa shape index (κ1) is 15.1. The maximum absolute atomic E-state index is 12.1. The fraction of sp³-hybridized carbons (Fsp3) is 0.471. The minimum Gasteiger partial charge on any atom is -0.371 e. The highest BCUT2D eigenvalue weighted by molar-refractivity contribution is 6.05. The van der Waals surface area contributed by atoms with Gasteiger partial charge in [0.25, 0.3) is 0 Å². The third-order valence-corrected chi connectivity index (χ3v) is 5.34. The Bertz CT molecular complexity index is 815. The van der Waals surface area contributed by atoms with Crippen molar-refractivity contribution in [3.63, 3.8) is 0 Å². The molecule has 1 aliphatic carbocycles. The lowest BCUT2D eigenvalue weighted by Gasteiger charge is -2.31. The van der Waals surface area contributed by atoms with Crippen LogP contribution in [0, 0.1) is 5.92 Å². The van der Waals surface area contributed by atoms with E-state index < -0.39 is 12.1 Å². The number of carbonyl (C=O) groups is 2. The second-order valence-corrected chi connectivity index (χ2v) is 6.56. The van der Waals surface area contributed by atoms with Gasteiger partial charge in [0.05, 0.1) is 11.6 Å². The molecule has 1 aromatic carbocycles. The van der Waals surface area contributed by atoms with Crippen molar-refractivity contribution in [2.24, 2.45) is 11.7 Å². The van der Waals surface area contributed by atoms with Crippen LogP contribution in [0.3, 0.4) is 0 Å². The van der Waals surface area contributed by atoms with E-state index in [-0.39, 0.29) is 11.7 Å². The van der Waals surface area contributed by atoms with Gasteiger partial charge in [-0.1, -0.05) is 25.1 Å². The molecule has 24 heavy (non-hydrogen) atoms. The number of likely N-dealkylation sites (tertiary alicyclic amines) is 1. The number of esters is 1. The number of nitrogens with zero attached hydrogens (tertiary/aromatic N) is 3. The summed E-state index contributed by atoms with van der Waals surface area (Å²) in [6.45, 7) is 4.34. The van der Waals surface area contributed by atoms with E-state index in [0.717, 1.165) is 25.0 Å². The number of amides is 1. The van der Waals surface area contributed by atoms with Crippen molar-refractivity contribution in [2.75, 3.05) is 13.1 Å². The second kappa shape index (κ2) is 5.59. The molecular weight excluding hydrogens is 308 g/mol. The van der Waals surface area contributed by atoms with Crippen molar-refractivity contribution in [1.82, 2.24) is 14.7 Å². The molecule has 1 amide bonds. The van der Waals surface area contributed by atoms with Crippen molar-refractivity contribution in [1.29, 1.82) is 0 Å². The second-order valence-electron chi connectivity index (χ2n) is 6.56. The number of nitrogens with two attached hydrogens (primary N) is 1. The summed E-state index contributed by atoms with van der Waals surface area (Å²) in [7, 11) is 0. The highest BCUT2D eigenvalue weighted by atomic mass is 16.6. The zero-order chi connectivity index (χ0) is 16.8. The predicted molar refractivity (Wildman–Crippen MR) is 87.5 cm³/mol. The molecule has 1 saturated carbocycles. The average Bonchev–Trinajstić information content (AvgIpc) is 3.25. The van der Waals surface area contributed by atoms with Gasteiger partial charge >= 0.3 is 12.1 Å². The minimum absolute atomic E-state index is 0.152. The standard InChI is InChI=1S/C17H20N4O3/c1-2-20-9-10-7-11(20)8-14(10)21-13-6-4-3-5-12(13)15(19-21)16(22)24-17(18)23/h3-6,10-11,14H,2,7-9H2,1H3,(H2,18,23). The molecule has 2 aromatic rings. The summed E-state index contributed by atoms with van der Waals surface area (Å²) in [5.41, 5.74) is 6.01. The zero-order valence-corrected chi connectivity index (χ0v) is 13.5. The molecule has 3 unspecified atom stereocenters. The molecule has 7 heteroatoms. The van der Waals surface area contributed by atoms with Crippen LogP contribution in [0.15, 0.2) is 24.3 Å². The van der Waals surface area contributed by atoms with E-state index in [0.29, 0.717) is 17.3 Å². The molecule has 1 aromatic heterocycles. The van der Waals surface area contributed by atoms with Crippen molar-refractivity contribution in [3.05, 3.63) is 30.0 Å². The Kier molecular flexibility index (Phi) is 3.53. The SMILES string of the molecule is CCN1CC2CC1CC2n1nc(C(=O)OC(N)=O)c2ccccc21. The molecule has 0 radical (unpaired) electrons. The number of rotatable bonds is 3. The largest absolute Gasteiger partial charge is 0.412 e. The Morgan fingerprint density at radius 2 is 2.12 bits per heavy atom. The minimum atomic E-state index is -1.11. The molecule has 7 nitrogen and oxygen atoms in total. The van der Waals surface area contributed by atoms with Crippen LogP contribution in [-0.2, 0) is 4.74 Å². The molecule has 126 valence electrons. The van der Waals surface area contributed by atoms with E-state index in [1.807, 2.05) is 28.9 Å². The van der Waals surface area contributed by atoms with Gasteiger partial charge in [-0.3, -0.25) is 4.68 Å². The highest BCUT2D eigenvalue weighted by Gasteiger charge is 2.45. The van der Waals surface area contributed by atoms with Crippen LogP contribution in [0.5, 0.6) is 0 Å². The van der Waals surface area contributed by atoms with Gasteiger partial charge in [0.1, 0.15) is 0 Å². The van der Waals surface area contributed by atoms with Crippen molar-refractivity contribution < 1.29 is 14.3 Å². The van der Waals surface area contributed by atoms with Gasteiger partial charge < -0.3 is 15.4 Å². The van der Waals surface area contributed by atoms with Crippen LogP contribution < -0.4 is 5.73 Å². The summed E-state index contributed by atoms with van der Waals surface area (Å²) < 4.78 is 6.48. The smallest absolute Gasteiger partial charge is 0.371 e. The van der Waals surface area contributed by atoms with Crippen LogP contribution in [0.2, 0.25) is 0 Å². The number of para-hydroxylation sites is 1. The van der Waals surface area contributed by atoms with E-state index in [2.05, 4.69) is 21.7 Å². The molecule has 2 aliphatic rings. The Labute approximate surface area is 139 Å². The van der Waals surface area contributed by atoms with Crippen molar-refractivity contribution in [2.45, 2.75) is 31.8 Å². The number of ether oxygens (including phenoxy) is 1. The molecule has 2 bridgehead atoms. The molecule has 2 fully saturated rings. The van der Waals surface area contributed by atoms with E-state index >= 15 is 0 Å². The van der Waals surface area contributed by atoms with Crippen LogP contribution in [-0.4, -0.2) is 45.9 Å². The van der Waals surface area contributed by atoms with Gasteiger partial charge in [-0.05, 0) is 31.4 Å². The first-order chi connectivity index (χ1) is 11.6. The van der Waals surface area contributed by atoms with Gasteiger partial charge in [-0.15, -0.1) is 0 Å². The summed E-state index contributed by atoms with van der Waals surface area (Å²) >= 11 is 0. The molecule has 3 atom stereocenters. The summed E-state index contributed by atoms with van der Waals surface area (Å²) in [6, 6.07) is 8.41. The summed E-state index contributed by atoms with van der Waals surface area (Å²) in [4.78, 5) is 25.6. The molecule has 2 heterocycles. The van der Waals surface area contributed by atoms with Crippen molar-refractivity contribution in [3.8, 4) is 0 Å². The van der Waals surface area contributed by atoms with Gasteiger partial charge in [0, 0.05) is 18.0 Å². The number of piperidine rings is 1. The Morgan fingerprint density at radius 3 is 2.79 bits per heavy atom. The van der Waals surface area contributed by atoms with E-state index in [9.17, 15) is 9.59 Å². The van der Waals surface area contributed by atoms with Crippen LogP contribution >= 0.6 is 0 Å². The fourth-order valence-electron chi connectivity index (χ4n) is 4.34. The van der Waals surface area contributed by atoms with Gasteiger partial charge in [0.2, 0.25) is 0 Å². The lowest BCUT2D eigenvalue weighted by molar-refractivity contribution is 0.0632. The van der Waals surface area contributed by atoms with E-state index in [1.54, 1.807) is 0 Å². The Hall–Kier alpha value is -2.41. The number of hydrogen-bond donors (Lipinski definition) is 1. The van der Waals surface area contributed by atoms with Gasteiger partial charge in [-0.25, -0.2) is 9.59 Å². The molecule has 2 N–H and O–H groups in total. The Morgan fingerprint density at radius 1 is 1.33 bits per heavy atom. The first-order valence-corrected chi connectivity index (χ1v) is 8.31. The summed E-state index contributed by atoms with van der Waals surface area (Å²) in [5, 5.41) is 5.20. The first-order valence-electron chi connectivity index (χ1n) is 8.31. The Balaban J connectivity index is 1.72. The van der Waals surface area contributed by atoms with Gasteiger partial charge in [-0.2, -0.15) is 5.10 Å². The molecule has 4 rings (SSSR count). The number of hydrogen-bond acceptors (Lipinski definition) is 5. The van der Waals surface area contributed by atoms with E-state index in [1.165, 1.54) is 6.42 Å². The van der Waals surface area contributed by atoms with Crippen molar-refractivity contribution >= 4 is 23.0 Å². The molecular formula is C17H20N4O3. The third kappa shape index (κ3) is 2.27. The van der Waals surface area contributed by atoms with Crippen LogP contribution in [0.25, 0.3) is 10.9 Å². The average molecular weight is 328 g/mol. The van der Waals surface area contributed by atoms with Gasteiger partial charge in [0.15, 0.2) is 5.69 Å². The predicted octanol–water partition coefficient (Wildman–Crippen LogP) is 1.93. The number of benzene rings is 1. The third-order valence-electron chi connectivity index (χ3n) is 5.34. The highest BCUT2D eigenvalue weighted by Crippen LogP contribution is 2.45. The normalized spacial score (nSPS) is 26.1. The zero-order valence-electron chi connectivity index (χ0n) is 13.5. The lowest BCUT2D eigenvalue weighted by atomic mass is 10.0. The van der Waals surface area contributed by atoms with Crippen LogP contribution in [0.4, 0.5) is 4.79 Å². The maximum Gasteiger partial charge on any atom is 0.412 e. The molecule has 1 aliphatic heterocycles. The van der Waals surface area contributed by atoms with Crippen LogP contribution in [0.1, 0.15) is 36.3 Å². The number of fused-ring (bicyclic) bond motifs is 3. The number of primary amides is 1. The fourth-order valence-corrected chi connectivity index (χ4v) is 4.34. The molecule has 1 saturated heterocycles. The number of aromatic nitrogens is 2. The molecule has 0 spiro atoms. The van der Waals surface area contributed by atoms with E-state index in [4.69, 9.17) is 5.73 Å². The quantitative estimate of drug-likeness (QED) is 0.687. The summed E-state index contributed by atoms with van der Waals surface area (Å²) in [6.07, 6.45) is 1.10. The topological polar surface area (TPSA) is 90.4 Å². The lowest BCUT2D eigenvalue weighted by Crippen LogP contribution is -2.36.